The molecular formula is C26H33F2N5O2. The average Bonchev–Trinajstić information content (AvgIpc) is 3.32. The number of nitrogens with zero attached hydrogens (tertiary/aromatic N) is 5. The molecule has 0 atom stereocenters. The third kappa shape index (κ3) is 6.13. The number of hydrogen-bond acceptors (Lipinski definition) is 7. The fourth-order valence-electron chi connectivity index (χ4n) is 4.15. The first kappa shape index (κ1) is 25.0. The van der Waals surface area contributed by atoms with Crippen molar-refractivity contribution in [1.29, 1.82) is 0 Å². The van der Waals surface area contributed by atoms with Gasteiger partial charge in [-0.2, -0.15) is 4.98 Å². The van der Waals surface area contributed by atoms with Gasteiger partial charge in [0.2, 0.25) is 17.7 Å². The van der Waals surface area contributed by atoms with Crippen LogP contribution in [-0.4, -0.2) is 39.8 Å². The van der Waals surface area contributed by atoms with Gasteiger partial charge in [-0.15, -0.1) is 0 Å². The zero-order valence-corrected chi connectivity index (χ0v) is 20.9. The van der Waals surface area contributed by atoms with Crippen LogP contribution in [0, 0.1) is 17.6 Å². The summed E-state index contributed by atoms with van der Waals surface area (Å²) in [4.78, 5) is 15.3. The number of anilines is 1. The maximum atomic E-state index is 14.7. The van der Waals surface area contributed by atoms with Gasteiger partial charge >= 0.3 is 0 Å². The van der Waals surface area contributed by atoms with Crippen molar-refractivity contribution in [3.05, 3.63) is 47.6 Å². The minimum Gasteiger partial charge on any atom is -0.493 e. The molecule has 0 spiro atoms. The van der Waals surface area contributed by atoms with Gasteiger partial charge in [-0.05, 0) is 43.6 Å². The SMILES string of the molecule is CCc1cnc(N2CCC(CCCOc3cc(F)c(-c4noc(C(C)(C)C)n4)c(F)c3)CC2)nc1. The third-order valence-corrected chi connectivity index (χ3v) is 6.33. The Morgan fingerprint density at radius 3 is 2.31 bits per heavy atom. The Hall–Kier alpha value is -3.10. The van der Waals surface area contributed by atoms with Crippen molar-refractivity contribution in [3.8, 4) is 17.1 Å². The number of aryl methyl sites for hydroxylation is 1. The van der Waals surface area contributed by atoms with E-state index >= 15 is 0 Å². The van der Waals surface area contributed by atoms with Gasteiger partial charge in [-0.1, -0.05) is 32.9 Å². The molecule has 35 heavy (non-hydrogen) atoms. The zero-order chi connectivity index (χ0) is 25.0. The predicted molar refractivity (Wildman–Crippen MR) is 129 cm³/mol. The van der Waals surface area contributed by atoms with E-state index < -0.39 is 17.0 Å². The predicted octanol–water partition coefficient (Wildman–Crippen LogP) is 5.74. The molecule has 4 rings (SSSR count). The lowest BCUT2D eigenvalue weighted by molar-refractivity contribution is 0.277. The highest BCUT2D eigenvalue weighted by molar-refractivity contribution is 5.58. The summed E-state index contributed by atoms with van der Waals surface area (Å²) in [6.07, 6.45) is 8.69. The highest BCUT2D eigenvalue weighted by atomic mass is 19.1. The van der Waals surface area contributed by atoms with Crippen molar-refractivity contribution >= 4 is 5.95 Å². The summed E-state index contributed by atoms with van der Waals surface area (Å²) >= 11 is 0. The molecule has 3 heterocycles. The summed E-state index contributed by atoms with van der Waals surface area (Å²) in [6, 6.07) is 2.35. The second-order valence-corrected chi connectivity index (χ2v) is 10.1. The van der Waals surface area contributed by atoms with E-state index in [1.807, 2.05) is 33.2 Å². The van der Waals surface area contributed by atoms with Gasteiger partial charge in [0.15, 0.2) is 0 Å². The monoisotopic (exact) mass is 485 g/mol. The van der Waals surface area contributed by atoms with Crippen molar-refractivity contribution in [2.45, 2.75) is 65.2 Å². The summed E-state index contributed by atoms with van der Waals surface area (Å²) in [7, 11) is 0. The quantitative estimate of drug-likeness (QED) is 0.377. The molecular weight excluding hydrogens is 452 g/mol. The normalized spacial score (nSPS) is 15.0. The molecule has 2 aromatic heterocycles. The molecule has 1 aromatic carbocycles. The number of piperidine rings is 1. The van der Waals surface area contributed by atoms with Gasteiger partial charge in [0, 0.05) is 43.0 Å². The number of aromatic nitrogens is 4. The van der Waals surface area contributed by atoms with Gasteiger partial charge in [0.1, 0.15) is 17.4 Å². The number of ether oxygens (including phenoxy) is 1. The Morgan fingerprint density at radius 2 is 1.74 bits per heavy atom. The number of rotatable bonds is 8. The van der Waals surface area contributed by atoms with Gasteiger partial charge in [0.25, 0.3) is 0 Å². The minimum atomic E-state index is -0.775. The van der Waals surface area contributed by atoms with E-state index in [0.29, 0.717) is 18.4 Å². The van der Waals surface area contributed by atoms with Crippen LogP contribution in [-0.2, 0) is 11.8 Å². The van der Waals surface area contributed by atoms with E-state index in [1.54, 1.807) is 0 Å². The first-order chi connectivity index (χ1) is 16.7. The maximum Gasteiger partial charge on any atom is 0.232 e. The molecule has 0 amide bonds. The van der Waals surface area contributed by atoms with Crippen molar-refractivity contribution in [2.75, 3.05) is 24.6 Å². The maximum absolute atomic E-state index is 14.7. The lowest BCUT2D eigenvalue weighted by atomic mass is 9.92. The van der Waals surface area contributed by atoms with Crippen LogP contribution < -0.4 is 9.64 Å². The van der Waals surface area contributed by atoms with Crippen LogP contribution in [0.5, 0.6) is 5.75 Å². The van der Waals surface area contributed by atoms with Crippen molar-refractivity contribution in [2.24, 2.45) is 5.92 Å². The van der Waals surface area contributed by atoms with Gasteiger partial charge < -0.3 is 14.2 Å². The van der Waals surface area contributed by atoms with Crippen LogP contribution in [0.4, 0.5) is 14.7 Å². The van der Waals surface area contributed by atoms with Crippen molar-refractivity contribution in [3.63, 3.8) is 0 Å². The molecule has 188 valence electrons. The second-order valence-electron chi connectivity index (χ2n) is 10.1. The Morgan fingerprint density at radius 1 is 1.09 bits per heavy atom. The number of halogens is 2. The Kier molecular flexibility index (Phi) is 7.62. The summed E-state index contributed by atoms with van der Waals surface area (Å²) in [5.74, 6) is 0.216. The van der Waals surface area contributed by atoms with Crippen LogP contribution >= 0.6 is 0 Å². The van der Waals surface area contributed by atoms with E-state index in [1.165, 1.54) is 12.1 Å². The van der Waals surface area contributed by atoms with Crippen LogP contribution in [0.2, 0.25) is 0 Å². The molecule has 0 bridgehead atoms. The van der Waals surface area contributed by atoms with Crippen molar-refractivity contribution < 1.29 is 18.0 Å². The minimum absolute atomic E-state index is 0.102. The fourth-order valence-corrected chi connectivity index (χ4v) is 4.15. The first-order valence-corrected chi connectivity index (χ1v) is 12.3. The first-order valence-electron chi connectivity index (χ1n) is 12.3. The standard InChI is InChI=1S/C26H33F2N5O2/c1-5-17-15-29-25(30-16-17)33-10-8-18(9-11-33)7-6-12-34-19-13-20(27)22(21(28)14-19)23-31-24(35-32-23)26(2,3)4/h13-16,18H,5-12H2,1-4H3. The molecule has 1 aliphatic rings. The Labute approximate surface area is 204 Å². The highest BCUT2D eigenvalue weighted by Gasteiger charge is 2.25. The second kappa shape index (κ2) is 10.7. The summed E-state index contributed by atoms with van der Waals surface area (Å²) in [6.45, 7) is 10.0. The zero-order valence-electron chi connectivity index (χ0n) is 20.9. The molecule has 1 aliphatic heterocycles. The van der Waals surface area contributed by atoms with Crippen molar-refractivity contribution in [1.82, 2.24) is 20.1 Å². The molecule has 9 heteroatoms. The Balaban J connectivity index is 1.24. The molecule has 0 radical (unpaired) electrons. The average molecular weight is 486 g/mol. The summed E-state index contributed by atoms with van der Waals surface area (Å²) in [5.41, 5.74) is 0.422. The molecule has 3 aromatic rings. The van der Waals surface area contributed by atoms with Gasteiger partial charge in [-0.3, -0.25) is 0 Å². The summed E-state index contributed by atoms with van der Waals surface area (Å²) in [5, 5.41) is 3.75. The van der Waals surface area contributed by atoms with Crippen LogP contribution in [0.15, 0.2) is 29.0 Å². The van der Waals surface area contributed by atoms with Crippen LogP contribution in [0.3, 0.4) is 0 Å². The molecule has 0 saturated carbocycles. The summed E-state index contributed by atoms with van der Waals surface area (Å²) < 4.78 is 40.1. The topological polar surface area (TPSA) is 77.2 Å². The third-order valence-electron chi connectivity index (χ3n) is 6.33. The lowest BCUT2D eigenvalue weighted by Gasteiger charge is -2.32. The van der Waals surface area contributed by atoms with E-state index in [2.05, 4.69) is 31.9 Å². The van der Waals surface area contributed by atoms with Gasteiger partial charge in [0.05, 0.1) is 12.2 Å². The van der Waals surface area contributed by atoms with E-state index in [9.17, 15) is 8.78 Å². The highest BCUT2D eigenvalue weighted by Crippen LogP contribution is 2.30. The van der Waals surface area contributed by atoms with E-state index in [-0.39, 0.29) is 17.1 Å². The molecule has 1 saturated heterocycles. The fraction of sp³-hybridized carbons (Fsp3) is 0.538. The van der Waals surface area contributed by atoms with E-state index in [0.717, 1.165) is 56.7 Å². The number of benzene rings is 1. The number of hydrogen-bond donors (Lipinski definition) is 0. The van der Waals surface area contributed by atoms with Crippen LogP contribution in [0.1, 0.15) is 64.8 Å². The molecule has 1 fully saturated rings. The van der Waals surface area contributed by atoms with Crippen LogP contribution in [0.25, 0.3) is 11.4 Å². The van der Waals surface area contributed by atoms with E-state index in [4.69, 9.17) is 9.26 Å². The smallest absolute Gasteiger partial charge is 0.232 e. The Bertz CT molecular complexity index is 1100. The van der Waals surface area contributed by atoms with Gasteiger partial charge in [-0.25, -0.2) is 18.7 Å². The lowest BCUT2D eigenvalue weighted by Crippen LogP contribution is -2.35. The largest absolute Gasteiger partial charge is 0.493 e. The molecule has 0 unspecified atom stereocenters. The molecule has 0 N–H and O–H groups in total. The molecule has 7 nitrogen and oxygen atoms in total. The molecule has 0 aliphatic carbocycles.